The van der Waals surface area contributed by atoms with Crippen molar-refractivity contribution in [2.75, 3.05) is 33.3 Å². The molecule has 0 bridgehead atoms. The summed E-state index contributed by atoms with van der Waals surface area (Å²) in [5.41, 5.74) is 1.10. The van der Waals surface area contributed by atoms with Crippen molar-refractivity contribution in [3.05, 3.63) is 29.6 Å². The molecule has 1 fully saturated rings. The van der Waals surface area contributed by atoms with Crippen LogP contribution in [0.3, 0.4) is 0 Å². The Morgan fingerprint density at radius 1 is 1.35 bits per heavy atom. The molecule has 1 atom stereocenters. The van der Waals surface area contributed by atoms with E-state index in [0.29, 0.717) is 11.8 Å². The van der Waals surface area contributed by atoms with Crippen LogP contribution in [-0.2, 0) is 0 Å². The zero-order valence-corrected chi connectivity index (χ0v) is 13.0. The highest BCUT2D eigenvalue weighted by Gasteiger charge is 2.24. The van der Waals surface area contributed by atoms with Gasteiger partial charge in [0.25, 0.3) is 0 Å². The number of halogens is 2. The molecule has 0 unspecified atom stereocenters. The number of ether oxygens (including phenoxy) is 1. The first kappa shape index (κ1) is 17.2. The third-order valence-corrected chi connectivity index (χ3v) is 3.71. The van der Waals surface area contributed by atoms with Crippen LogP contribution in [0.2, 0.25) is 0 Å². The van der Waals surface area contributed by atoms with Gasteiger partial charge in [0.2, 0.25) is 0 Å². The third kappa shape index (κ3) is 4.08. The van der Waals surface area contributed by atoms with Gasteiger partial charge in [-0.05, 0) is 12.5 Å². The van der Waals surface area contributed by atoms with E-state index in [9.17, 15) is 4.39 Å². The van der Waals surface area contributed by atoms with Crippen LogP contribution in [0, 0.1) is 5.82 Å². The minimum absolute atomic E-state index is 0. The lowest BCUT2D eigenvalue weighted by molar-refractivity contribution is 0.162. The van der Waals surface area contributed by atoms with Gasteiger partial charge in [0.15, 0.2) is 0 Å². The Morgan fingerprint density at radius 3 is 2.65 bits per heavy atom. The highest BCUT2D eigenvalue weighted by molar-refractivity contribution is 5.85. The molecule has 1 aliphatic rings. The topological polar surface area (TPSA) is 24.5 Å². The molecule has 1 aromatic carbocycles. The van der Waals surface area contributed by atoms with Gasteiger partial charge >= 0.3 is 0 Å². The summed E-state index contributed by atoms with van der Waals surface area (Å²) >= 11 is 0. The van der Waals surface area contributed by atoms with Gasteiger partial charge in [-0.2, -0.15) is 0 Å². The highest BCUT2D eigenvalue weighted by atomic mass is 35.5. The van der Waals surface area contributed by atoms with Crippen LogP contribution in [0.5, 0.6) is 5.75 Å². The lowest BCUT2D eigenvalue weighted by Crippen LogP contribution is -2.45. The molecule has 0 spiro atoms. The van der Waals surface area contributed by atoms with E-state index in [2.05, 4.69) is 17.1 Å². The van der Waals surface area contributed by atoms with Gasteiger partial charge in [-0.15, -0.1) is 12.4 Å². The van der Waals surface area contributed by atoms with Gasteiger partial charge in [0.05, 0.1) is 7.11 Å². The first-order valence-electron chi connectivity index (χ1n) is 7.04. The second kappa shape index (κ2) is 8.45. The van der Waals surface area contributed by atoms with Crippen molar-refractivity contribution in [3.63, 3.8) is 0 Å². The number of methoxy groups -OCH3 is 1. The monoisotopic (exact) mass is 302 g/mol. The van der Waals surface area contributed by atoms with E-state index in [-0.39, 0.29) is 18.2 Å². The Kier molecular flexibility index (Phi) is 7.27. The minimum atomic E-state index is -0.240. The van der Waals surface area contributed by atoms with Crippen molar-refractivity contribution >= 4 is 12.4 Å². The molecule has 1 N–H and O–H groups in total. The fraction of sp³-hybridized carbons (Fsp3) is 0.600. The molecule has 1 aliphatic heterocycles. The van der Waals surface area contributed by atoms with Crippen LogP contribution in [-0.4, -0.2) is 38.2 Å². The van der Waals surface area contributed by atoms with Gasteiger partial charge in [0.1, 0.15) is 11.6 Å². The fourth-order valence-corrected chi connectivity index (χ4v) is 2.76. The molecule has 3 nitrogen and oxygen atoms in total. The van der Waals surface area contributed by atoms with Crippen LogP contribution in [0.4, 0.5) is 4.39 Å². The van der Waals surface area contributed by atoms with Gasteiger partial charge in [-0.3, -0.25) is 4.90 Å². The average Bonchev–Trinajstić information content (AvgIpc) is 2.46. The summed E-state index contributed by atoms with van der Waals surface area (Å²) in [6.07, 6.45) is 2.18. The van der Waals surface area contributed by atoms with E-state index >= 15 is 0 Å². The third-order valence-electron chi connectivity index (χ3n) is 3.71. The molecule has 0 radical (unpaired) electrons. The maximum atomic E-state index is 13.3. The molecule has 114 valence electrons. The molecular formula is C15H24ClFN2O. The Labute approximate surface area is 126 Å². The SMILES string of the molecule is CCC[C@H](c1ccc(F)cc1OC)N1CCNCC1.Cl. The van der Waals surface area contributed by atoms with Crippen LogP contribution < -0.4 is 10.1 Å². The van der Waals surface area contributed by atoms with E-state index < -0.39 is 0 Å². The molecule has 1 aromatic rings. The van der Waals surface area contributed by atoms with E-state index in [1.54, 1.807) is 7.11 Å². The summed E-state index contributed by atoms with van der Waals surface area (Å²) < 4.78 is 18.7. The summed E-state index contributed by atoms with van der Waals surface area (Å²) in [5, 5.41) is 3.37. The van der Waals surface area contributed by atoms with E-state index in [4.69, 9.17) is 4.74 Å². The standard InChI is InChI=1S/C15H23FN2O.ClH/c1-3-4-14(18-9-7-17-8-10-18)13-6-5-12(16)11-15(13)19-2;/h5-6,11,14,17H,3-4,7-10H2,1-2H3;1H/t14-;/m1./s1. The van der Waals surface area contributed by atoms with Crippen LogP contribution >= 0.6 is 12.4 Å². The van der Waals surface area contributed by atoms with Crippen LogP contribution in [0.15, 0.2) is 18.2 Å². The molecule has 1 heterocycles. The quantitative estimate of drug-likeness (QED) is 0.905. The van der Waals surface area contributed by atoms with Crippen LogP contribution in [0.1, 0.15) is 31.4 Å². The Bertz CT molecular complexity index is 411. The minimum Gasteiger partial charge on any atom is -0.496 e. The Morgan fingerprint density at radius 2 is 2.05 bits per heavy atom. The van der Waals surface area contributed by atoms with E-state index in [1.807, 2.05) is 6.07 Å². The normalized spacial score (nSPS) is 17.4. The second-order valence-corrected chi connectivity index (χ2v) is 4.98. The average molecular weight is 303 g/mol. The van der Waals surface area contributed by atoms with Crippen molar-refractivity contribution in [2.45, 2.75) is 25.8 Å². The first-order valence-corrected chi connectivity index (χ1v) is 7.04. The first-order chi connectivity index (χ1) is 9.26. The number of nitrogens with zero attached hydrogens (tertiary/aromatic N) is 1. The summed E-state index contributed by atoms with van der Waals surface area (Å²) in [6, 6.07) is 5.21. The van der Waals surface area contributed by atoms with Crippen molar-refractivity contribution in [1.29, 1.82) is 0 Å². The molecule has 5 heteroatoms. The van der Waals surface area contributed by atoms with Crippen LogP contribution in [0.25, 0.3) is 0 Å². The maximum absolute atomic E-state index is 13.3. The largest absolute Gasteiger partial charge is 0.496 e. The predicted molar refractivity (Wildman–Crippen MR) is 82.3 cm³/mol. The zero-order chi connectivity index (χ0) is 13.7. The zero-order valence-electron chi connectivity index (χ0n) is 12.2. The Balaban J connectivity index is 0.00000200. The molecule has 0 aliphatic carbocycles. The van der Waals surface area contributed by atoms with Gasteiger partial charge < -0.3 is 10.1 Å². The Hall–Kier alpha value is -0.840. The number of nitrogens with one attached hydrogen (secondary N) is 1. The summed E-state index contributed by atoms with van der Waals surface area (Å²) in [6.45, 7) is 6.29. The number of hydrogen-bond donors (Lipinski definition) is 1. The molecular weight excluding hydrogens is 279 g/mol. The maximum Gasteiger partial charge on any atom is 0.126 e. The van der Waals surface area contributed by atoms with Crippen molar-refractivity contribution in [1.82, 2.24) is 10.2 Å². The van der Waals surface area contributed by atoms with Gasteiger partial charge in [0, 0.05) is 43.9 Å². The fourth-order valence-electron chi connectivity index (χ4n) is 2.76. The highest BCUT2D eigenvalue weighted by Crippen LogP contribution is 2.33. The summed E-state index contributed by atoms with van der Waals surface area (Å²) in [4.78, 5) is 2.47. The second-order valence-electron chi connectivity index (χ2n) is 4.98. The summed E-state index contributed by atoms with van der Waals surface area (Å²) in [7, 11) is 1.61. The molecule has 0 amide bonds. The lowest BCUT2D eigenvalue weighted by atomic mass is 9.98. The molecule has 2 rings (SSSR count). The number of rotatable bonds is 5. The predicted octanol–water partition coefficient (Wildman–Crippen LogP) is 3.00. The summed E-state index contributed by atoms with van der Waals surface area (Å²) in [5.74, 6) is 0.424. The van der Waals surface area contributed by atoms with Gasteiger partial charge in [-0.1, -0.05) is 19.4 Å². The molecule has 1 saturated heterocycles. The van der Waals surface area contributed by atoms with Crippen molar-refractivity contribution in [3.8, 4) is 5.75 Å². The number of hydrogen-bond acceptors (Lipinski definition) is 3. The smallest absolute Gasteiger partial charge is 0.126 e. The van der Waals surface area contributed by atoms with Crippen molar-refractivity contribution < 1.29 is 9.13 Å². The number of benzene rings is 1. The molecule has 0 saturated carbocycles. The van der Waals surface area contributed by atoms with Gasteiger partial charge in [-0.25, -0.2) is 4.39 Å². The molecule has 20 heavy (non-hydrogen) atoms. The van der Waals surface area contributed by atoms with E-state index in [1.165, 1.54) is 12.1 Å². The van der Waals surface area contributed by atoms with E-state index in [0.717, 1.165) is 44.6 Å². The molecule has 0 aromatic heterocycles. The number of piperazine rings is 1. The lowest BCUT2D eigenvalue weighted by Gasteiger charge is -2.35. The van der Waals surface area contributed by atoms with Crippen molar-refractivity contribution in [2.24, 2.45) is 0 Å².